The van der Waals surface area contributed by atoms with Crippen LogP contribution >= 0.6 is 0 Å². The number of fused-ring (bicyclic) bond motifs is 2. The van der Waals surface area contributed by atoms with Crippen LogP contribution in [0.25, 0.3) is 16.9 Å². The monoisotopic (exact) mass is 385 g/mol. The third kappa shape index (κ3) is 3.01. The Kier molecular flexibility index (Phi) is 4.22. The molecule has 29 heavy (non-hydrogen) atoms. The summed E-state index contributed by atoms with van der Waals surface area (Å²) < 4.78 is 1.97. The smallest absolute Gasteiger partial charge is 0.157 e. The van der Waals surface area contributed by atoms with E-state index in [0.29, 0.717) is 0 Å². The highest BCUT2D eigenvalue weighted by Gasteiger charge is 2.20. The van der Waals surface area contributed by atoms with Gasteiger partial charge in [-0.25, -0.2) is 4.98 Å². The van der Waals surface area contributed by atoms with Crippen molar-refractivity contribution < 1.29 is 10.3 Å². The van der Waals surface area contributed by atoms with Crippen LogP contribution in [0.4, 0.5) is 11.5 Å². The Morgan fingerprint density at radius 1 is 1.10 bits per heavy atom. The molecule has 4 aromatic rings. The summed E-state index contributed by atoms with van der Waals surface area (Å²) in [4.78, 5) is 8.94. The highest BCUT2D eigenvalue weighted by atomic mass is 16.4. The first-order valence-electron chi connectivity index (χ1n) is 9.40. The van der Waals surface area contributed by atoms with E-state index in [4.69, 9.17) is 10.2 Å². The lowest BCUT2D eigenvalue weighted by molar-refractivity contribution is 0.282. The first-order valence-corrected chi connectivity index (χ1v) is 9.40. The fourth-order valence-electron chi connectivity index (χ4n) is 3.78. The zero-order valence-corrected chi connectivity index (χ0v) is 15.6. The number of aryl methyl sites for hydroxylation is 1. The highest BCUT2D eigenvalue weighted by molar-refractivity contribution is 6.04. The van der Waals surface area contributed by atoms with Crippen molar-refractivity contribution in [2.24, 2.45) is 5.16 Å². The standard InChI is InChI=1S/C22H19N5O2/c28-13-14-1-3-15(4-2-14)21-22(27-10-9-23-12-20(27)25-21)24-17-6-7-18-16(11-17)5-8-19(18)26-29/h1-4,6-7,9-12,24,28-29H,5,8,13H2/b26-19+. The van der Waals surface area contributed by atoms with Gasteiger partial charge in [0.05, 0.1) is 18.5 Å². The fourth-order valence-corrected chi connectivity index (χ4v) is 3.78. The highest BCUT2D eigenvalue weighted by Crippen LogP contribution is 2.33. The van der Waals surface area contributed by atoms with Crippen LogP contribution in [0.2, 0.25) is 0 Å². The van der Waals surface area contributed by atoms with Crippen LogP contribution in [0.1, 0.15) is 23.1 Å². The number of aliphatic hydroxyl groups excluding tert-OH is 1. The van der Waals surface area contributed by atoms with Gasteiger partial charge in [0, 0.05) is 29.2 Å². The summed E-state index contributed by atoms with van der Waals surface area (Å²) in [5, 5.41) is 25.4. The number of oxime groups is 1. The number of rotatable bonds is 4. The van der Waals surface area contributed by atoms with Crippen molar-refractivity contribution in [1.82, 2.24) is 14.4 Å². The summed E-state index contributed by atoms with van der Waals surface area (Å²) in [6.45, 7) is 0.00866. The lowest BCUT2D eigenvalue weighted by Gasteiger charge is -2.11. The lowest BCUT2D eigenvalue weighted by Crippen LogP contribution is -1.99. The molecule has 0 atom stereocenters. The molecule has 2 heterocycles. The van der Waals surface area contributed by atoms with Crippen molar-refractivity contribution >= 4 is 22.9 Å². The van der Waals surface area contributed by atoms with Gasteiger partial charge in [-0.1, -0.05) is 35.5 Å². The molecule has 0 bridgehead atoms. The van der Waals surface area contributed by atoms with Gasteiger partial charge in [0.2, 0.25) is 0 Å². The first-order chi connectivity index (χ1) is 14.3. The third-order valence-corrected chi connectivity index (χ3v) is 5.27. The number of hydrogen-bond donors (Lipinski definition) is 3. The minimum atomic E-state index is 0.00866. The predicted octanol–water partition coefficient (Wildman–Crippen LogP) is 3.76. The van der Waals surface area contributed by atoms with E-state index in [9.17, 15) is 5.11 Å². The number of nitrogens with zero attached hydrogens (tertiary/aromatic N) is 4. The molecule has 2 aromatic heterocycles. The molecule has 5 rings (SSSR count). The maximum atomic E-state index is 9.31. The number of benzene rings is 2. The molecule has 0 saturated carbocycles. The normalized spacial score (nSPS) is 14.4. The van der Waals surface area contributed by atoms with Crippen molar-refractivity contribution in [3.8, 4) is 11.3 Å². The zero-order chi connectivity index (χ0) is 19.8. The molecular weight excluding hydrogens is 366 g/mol. The van der Waals surface area contributed by atoms with E-state index in [1.165, 1.54) is 0 Å². The van der Waals surface area contributed by atoms with Crippen LogP contribution in [0.15, 0.2) is 66.2 Å². The quantitative estimate of drug-likeness (QED) is 0.367. The molecule has 3 N–H and O–H groups in total. The van der Waals surface area contributed by atoms with E-state index < -0.39 is 0 Å². The molecular formula is C22H19N5O2. The van der Waals surface area contributed by atoms with Crippen LogP contribution in [0.3, 0.4) is 0 Å². The molecule has 0 radical (unpaired) electrons. The number of imidazole rings is 1. The van der Waals surface area contributed by atoms with E-state index in [-0.39, 0.29) is 6.61 Å². The summed E-state index contributed by atoms with van der Waals surface area (Å²) in [6, 6.07) is 13.8. The molecule has 144 valence electrons. The summed E-state index contributed by atoms with van der Waals surface area (Å²) >= 11 is 0. The summed E-state index contributed by atoms with van der Waals surface area (Å²) in [5.41, 5.74) is 7.19. The van der Waals surface area contributed by atoms with Gasteiger partial charge in [0.15, 0.2) is 5.65 Å². The Morgan fingerprint density at radius 2 is 1.97 bits per heavy atom. The van der Waals surface area contributed by atoms with Crippen molar-refractivity contribution in [3.05, 3.63) is 77.7 Å². The molecule has 0 aliphatic heterocycles. The van der Waals surface area contributed by atoms with Crippen LogP contribution in [-0.2, 0) is 13.0 Å². The molecule has 1 aliphatic rings. The molecule has 0 unspecified atom stereocenters. The number of anilines is 2. The SMILES string of the molecule is OCc1ccc(-c2nc3cnccn3c2Nc2ccc3c(c2)CC/C3=N\O)cc1. The van der Waals surface area contributed by atoms with Gasteiger partial charge in [-0.2, -0.15) is 0 Å². The lowest BCUT2D eigenvalue weighted by atomic mass is 10.1. The van der Waals surface area contributed by atoms with E-state index in [0.717, 1.165) is 63.7 Å². The van der Waals surface area contributed by atoms with E-state index in [2.05, 4.69) is 21.5 Å². The Hall–Kier alpha value is -3.71. The van der Waals surface area contributed by atoms with Gasteiger partial charge in [0.25, 0.3) is 0 Å². The molecule has 0 spiro atoms. The second kappa shape index (κ2) is 7.03. The molecule has 0 fully saturated rings. The van der Waals surface area contributed by atoms with Crippen LogP contribution < -0.4 is 5.32 Å². The van der Waals surface area contributed by atoms with Crippen LogP contribution in [-0.4, -0.2) is 30.4 Å². The van der Waals surface area contributed by atoms with Crippen molar-refractivity contribution in [3.63, 3.8) is 0 Å². The van der Waals surface area contributed by atoms with Gasteiger partial charge in [0.1, 0.15) is 11.5 Å². The van der Waals surface area contributed by atoms with Crippen molar-refractivity contribution in [1.29, 1.82) is 0 Å². The average Bonchev–Trinajstić information content (AvgIpc) is 3.35. The Bertz CT molecular complexity index is 1230. The second-order valence-electron chi connectivity index (χ2n) is 7.01. The van der Waals surface area contributed by atoms with Gasteiger partial charge in [-0.15, -0.1) is 0 Å². The number of aromatic nitrogens is 3. The maximum absolute atomic E-state index is 9.31. The zero-order valence-electron chi connectivity index (χ0n) is 15.6. The van der Waals surface area contributed by atoms with Gasteiger partial charge < -0.3 is 15.6 Å². The van der Waals surface area contributed by atoms with E-state index in [1.807, 2.05) is 47.0 Å². The molecule has 2 aromatic carbocycles. The van der Waals surface area contributed by atoms with Crippen molar-refractivity contribution in [2.45, 2.75) is 19.4 Å². The molecule has 7 nitrogen and oxygen atoms in total. The number of aliphatic hydroxyl groups is 1. The summed E-state index contributed by atoms with van der Waals surface area (Å²) in [6.07, 6.45) is 6.94. The Balaban J connectivity index is 1.59. The molecule has 7 heteroatoms. The molecule has 1 aliphatic carbocycles. The average molecular weight is 385 g/mol. The predicted molar refractivity (Wildman–Crippen MR) is 111 cm³/mol. The summed E-state index contributed by atoms with van der Waals surface area (Å²) in [5.74, 6) is 0.841. The van der Waals surface area contributed by atoms with Gasteiger partial charge >= 0.3 is 0 Å². The Labute approximate surface area is 167 Å². The fraction of sp³-hybridized carbons (Fsp3) is 0.136. The van der Waals surface area contributed by atoms with E-state index in [1.54, 1.807) is 12.4 Å². The molecule has 0 amide bonds. The molecule has 0 saturated heterocycles. The largest absolute Gasteiger partial charge is 0.411 e. The minimum absolute atomic E-state index is 0.00866. The maximum Gasteiger partial charge on any atom is 0.157 e. The first kappa shape index (κ1) is 17.4. The van der Waals surface area contributed by atoms with Gasteiger partial charge in [-0.3, -0.25) is 9.38 Å². The number of hydrogen-bond acceptors (Lipinski definition) is 6. The summed E-state index contributed by atoms with van der Waals surface area (Å²) in [7, 11) is 0. The van der Waals surface area contributed by atoms with Gasteiger partial charge in [-0.05, 0) is 36.1 Å². The van der Waals surface area contributed by atoms with E-state index >= 15 is 0 Å². The number of nitrogens with one attached hydrogen (secondary N) is 1. The minimum Gasteiger partial charge on any atom is -0.411 e. The van der Waals surface area contributed by atoms with Crippen LogP contribution in [0, 0.1) is 0 Å². The van der Waals surface area contributed by atoms with Crippen LogP contribution in [0.5, 0.6) is 0 Å². The topological polar surface area (TPSA) is 95.0 Å². The second-order valence-corrected chi connectivity index (χ2v) is 7.01. The Morgan fingerprint density at radius 3 is 2.76 bits per heavy atom. The third-order valence-electron chi connectivity index (χ3n) is 5.27. The van der Waals surface area contributed by atoms with Crippen molar-refractivity contribution in [2.75, 3.05) is 5.32 Å².